The van der Waals surface area contributed by atoms with Crippen molar-refractivity contribution in [3.05, 3.63) is 29.3 Å². The van der Waals surface area contributed by atoms with Gasteiger partial charge in [-0.2, -0.15) is 0 Å². The van der Waals surface area contributed by atoms with Crippen LogP contribution in [0, 0.1) is 11.8 Å². The van der Waals surface area contributed by atoms with Gasteiger partial charge in [-0.25, -0.2) is 0 Å². The van der Waals surface area contributed by atoms with Gasteiger partial charge in [-0.05, 0) is 23.8 Å². The molecule has 1 saturated heterocycles. The first kappa shape index (κ1) is 14.3. The van der Waals surface area contributed by atoms with E-state index in [1.54, 1.807) is 11.3 Å². The lowest BCUT2D eigenvalue weighted by Crippen LogP contribution is -2.42. The van der Waals surface area contributed by atoms with E-state index >= 15 is 0 Å². The van der Waals surface area contributed by atoms with E-state index < -0.39 is 5.97 Å². The summed E-state index contributed by atoms with van der Waals surface area (Å²) < 4.78 is 5.37. The van der Waals surface area contributed by atoms with Gasteiger partial charge in [0.25, 0.3) is 0 Å². The molecule has 1 fully saturated rings. The number of nitrogens with zero attached hydrogens (tertiary/aromatic N) is 2. The average molecular weight is 306 g/mol. The van der Waals surface area contributed by atoms with Crippen LogP contribution in [0.15, 0.2) is 28.1 Å². The van der Waals surface area contributed by atoms with Crippen LogP contribution in [0.4, 0.5) is 0 Å². The first-order valence-corrected chi connectivity index (χ1v) is 7.94. The molecular formula is C15H18N2O3S. The van der Waals surface area contributed by atoms with Crippen LogP contribution in [0.5, 0.6) is 0 Å². The summed E-state index contributed by atoms with van der Waals surface area (Å²) in [6.45, 7) is 4.23. The highest BCUT2D eigenvalue weighted by molar-refractivity contribution is 7.13. The molecule has 1 aliphatic rings. The maximum absolute atomic E-state index is 11.2. The molecule has 0 amide bonds. The standard InChI is InChI=1S/C15H18N2O3S/c1-10-5-11(15(18)19)8-17(7-10)9-12-6-13(20-16-12)14-3-2-4-21-14/h2-4,6,10-11H,5,7-9H2,1H3,(H,18,19). The summed E-state index contributed by atoms with van der Waals surface area (Å²) >= 11 is 1.62. The monoisotopic (exact) mass is 306 g/mol. The van der Waals surface area contributed by atoms with Gasteiger partial charge >= 0.3 is 5.97 Å². The topological polar surface area (TPSA) is 66.6 Å². The smallest absolute Gasteiger partial charge is 0.307 e. The molecule has 1 N–H and O–H groups in total. The largest absolute Gasteiger partial charge is 0.481 e. The number of likely N-dealkylation sites (tertiary alicyclic amines) is 1. The van der Waals surface area contributed by atoms with Crippen molar-refractivity contribution in [1.29, 1.82) is 0 Å². The first-order chi connectivity index (χ1) is 10.1. The molecule has 1 aliphatic heterocycles. The molecule has 2 aromatic rings. The molecule has 21 heavy (non-hydrogen) atoms. The summed E-state index contributed by atoms with van der Waals surface area (Å²) in [6, 6.07) is 5.92. The lowest BCUT2D eigenvalue weighted by atomic mass is 9.90. The minimum atomic E-state index is -0.703. The van der Waals surface area contributed by atoms with E-state index in [-0.39, 0.29) is 5.92 Å². The van der Waals surface area contributed by atoms with E-state index in [4.69, 9.17) is 4.52 Å². The van der Waals surface area contributed by atoms with Gasteiger partial charge < -0.3 is 9.63 Å². The highest BCUT2D eigenvalue weighted by Crippen LogP contribution is 2.27. The number of carboxylic acid groups (broad SMARTS) is 1. The molecule has 0 saturated carbocycles. The minimum Gasteiger partial charge on any atom is -0.481 e. The Morgan fingerprint density at radius 1 is 1.57 bits per heavy atom. The molecule has 0 radical (unpaired) electrons. The van der Waals surface area contributed by atoms with Crippen molar-refractivity contribution in [2.45, 2.75) is 19.9 Å². The Morgan fingerprint density at radius 3 is 3.14 bits per heavy atom. The lowest BCUT2D eigenvalue weighted by Gasteiger charge is -2.33. The van der Waals surface area contributed by atoms with Gasteiger partial charge in [-0.15, -0.1) is 11.3 Å². The third kappa shape index (κ3) is 3.33. The van der Waals surface area contributed by atoms with E-state index in [0.29, 0.717) is 19.0 Å². The molecule has 112 valence electrons. The summed E-state index contributed by atoms with van der Waals surface area (Å²) in [5, 5.41) is 15.3. The molecule has 0 bridgehead atoms. The Bertz CT molecular complexity index is 608. The summed E-state index contributed by atoms with van der Waals surface area (Å²) in [7, 11) is 0. The van der Waals surface area contributed by atoms with Crippen molar-refractivity contribution in [3.8, 4) is 10.6 Å². The highest BCUT2D eigenvalue weighted by atomic mass is 32.1. The van der Waals surface area contributed by atoms with Crippen LogP contribution >= 0.6 is 11.3 Å². The molecule has 2 unspecified atom stereocenters. The second-order valence-corrected chi connectivity index (χ2v) is 6.68. The fourth-order valence-corrected chi connectivity index (χ4v) is 3.59. The van der Waals surface area contributed by atoms with Gasteiger partial charge in [-0.1, -0.05) is 18.1 Å². The van der Waals surface area contributed by atoms with Crippen LogP contribution in [0.2, 0.25) is 0 Å². The molecule has 3 heterocycles. The summed E-state index contributed by atoms with van der Waals surface area (Å²) in [4.78, 5) is 14.4. The Kier molecular flexibility index (Phi) is 4.07. The van der Waals surface area contributed by atoms with E-state index in [0.717, 1.165) is 29.3 Å². The average Bonchev–Trinajstić information content (AvgIpc) is 3.08. The molecule has 2 atom stereocenters. The third-order valence-corrected chi connectivity index (χ3v) is 4.68. The SMILES string of the molecule is CC1CC(C(=O)O)CN(Cc2cc(-c3cccs3)on2)C1. The molecule has 2 aromatic heterocycles. The number of rotatable bonds is 4. The zero-order chi connectivity index (χ0) is 14.8. The summed E-state index contributed by atoms with van der Waals surface area (Å²) in [5.41, 5.74) is 0.858. The summed E-state index contributed by atoms with van der Waals surface area (Å²) in [5.74, 6) is 0.187. The molecule has 0 aromatic carbocycles. The first-order valence-electron chi connectivity index (χ1n) is 7.06. The van der Waals surface area contributed by atoms with Crippen molar-refractivity contribution in [3.63, 3.8) is 0 Å². The second-order valence-electron chi connectivity index (χ2n) is 5.73. The zero-order valence-electron chi connectivity index (χ0n) is 11.9. The van der Waals surface area contributed by atoms with E-state index in [2.05, 4.69) is 17.0 Å². The number of thiophene rings is 1. The molecule has 3 rings (SSSR count). The second kappa shape index (κ2) is 5.99. The zero-order valence-corrected chi connectivity index (χ0v) is 12.7. The lowest BCUT2D eigenvalue weighted by molar-refractivity contribution is -0.144. The number of aromatic nitrogens is 1. The molecule has 6 heteroatoms. The van der Waals surface area contributed by atoms with E-state index in [1.165, 1.54) is 0 Å². The van der Waals surface area contributed by atoms with Crippen LogP contribution in [-0.4, -0.2) is 34.2 Å². The van der Waals surface area contributed by atoms with Crippen LogP contribution in [-0.2, 0) is 11.3 Å². The van der Waals surface area contributed by atoms with Crippen molar-refractivity contribution < 1.29 is 14.4 Å². The molecule has 5 nitrogen and oxygen atoms in total. The number of piperidine rings is 1. The Balaban J connectivity index is 1.67. The van der Waals surface area contributed by atoms with E-state index in [9.17, 15) is 9.90 Å². The molecular weight excluding hydrogens is 288 g/mol. The normalized spacial score (nSPS) is 23.3. The Hall–Kier alpha value is -1.66. The van der Waals surface area contributed by atoms with Crippen molar-refractivity contribution in [1.82, 2.24) is 10.1 Å². The van der Waals surface area contributed by atoms with E-state index in [1.807, 2.05) is 23.6 Å². The van der Waals surface area contributed by atoms with Gasteiger partial charge in [0, 0.05) is 25.7 Å². The number of aliphatic carboxylic acids is 1. The van der Waals surface area contributed by atoms with Gasteiger partial charge in [0.1, 0.15) is 0 Å². The maximum Gasteiger partial charge on any atom is 0.307 e. The van der Waals surface area contributed by atoms with Crippen LogP contribution in [0.1, 0.15) is 19.0 Å². The maximum atomic E-state index is 11.2. The number of carboxylic acids is 1. The van der Waals surface area contributed by atoms with Gasteiger partial charge in [-0.3, -0.25) is 9.69 Å². The van der Waals surface area contributed by atoms with Gasteiger partial charge in [0.2, 0.25) is 0 Å². The van der Waals surface area contributed by atoms with Gasteiger partial charge in [0.05, 0.1) is 16.5 Å². The number of hydrogen-bond acceptors (Lipinski definition) is 5. The highest BCUT2D eigenvalue weighted by Gasteiger charge is 2.29. The third-order valence-electron chi connectivity index (χ3n) is 3.79. The number of hydrogen-bond donors (Lipinski definition) is 1. The van der Waals surface area contributed by atoms with Crippen LogP contribution in [0.25, 0.3) is 10.6 Å². The van der Waals surface area contributed by atoms with Crippen molar-refractivity contribution in [2.24, 2.45) is 11.8 Å². The predicted molar refractivity (Wildman–Crippen MR) is 80.0 cm³/mol. The van der Waals surface area contributed by atoms with Crippen molar-refractivity contribution in [2.75, 3.05) is 13.1 Å². The van der Waals surface area contributed by atoms with Crippen LogP contribution in [0.3, 0.4) is 0 Å². The minimum absolute atomic E-state index is 0.280. The fourth-order valence-electron chi connectivity index (χ4n) is 2.92. The fraction of sp³-hybridized carbons (Fsp3) is 0.467. The number of carbonyl (C=O) groups is 1. The quantitative estimate of drug-likeness (QED) is 0.940. The Labute approximate surface area is 127 Å². The van der Waals surface area contributed by atoms with Gasteiger partial charge in [0.15, 0.2) is 5.76 Å². The van der Waals surface area contributed by atoms with Crippen molar-refractivity contribution >= 4 is 17.3 Å². The van der Waals surface area contributed by atoms with Crippen LogP contribution < -0.4 is 0 Å². The predicted octanol–water partition coefficient (Wildman–Crippen LogP) is 2.95. The molecule has 0 spiro atoms. The molecule has 0 aliphatic carbocycles. The summed E-state index contributed by atoms with van der Waals surface area (Å²) in [6.07, 6.45) is 0.755. The Morgan fingerprint density at radius 2 is 2.43 bits per heavy atom.